The highest BCUT2D eigenvalue weighted by molar-refractivity contribution is 5.70. The van der Waals surface area contributed by atoms with Crippen LogP contribution < -0.4 is 0 Å². The minimum Gasteiger partial charge on any atom is -0.462 e. The molecule has 1 unspecified atom stereocenters. The predicted octanol–water partition coefficient (Wildman–Crippen LogP) is 17.1. The van der Waals surface area contributed by atoms with E-state index in [9.17, 15) is 9.59 Å². The van der Waals surface area contributed by atoms with Crippen LogP contribution in [0.5, 0.6) is 0 Å². The van der Waals surface area contributed by atoms with Crippen molar-refractivity contribution in [3.8, 4) is 0 Å². The van der Waals surface area contributed by atoms with E-state index in [4.69, 9.17) is 14.2 Å². The lowest BCUT2D eigenvalue weighted by Crippen LogP contribution is -2.30. The standard InChI is InChI=1S/C55H96O5/c1-4-7-10-13-16-19-22-25-27-28-29-31-33-36-39-42-45-48-54(56)59-52-53(51-58-50-47-44-41-38-35-32-26-23-20-17-14-11-8-5-2)60-55(57)49-46-43-40-37-34-30-24-21-18-15-12-9-6-3/h8,11,16-17,19-21,24-27,32,53H,4-7,9-10,12-15,18,22-23,28-31,33-52H2,1-3H3/b11-8-,19-16-,20-17-,24-21-,27-25-,32-26-. The Bertz CT molecular complexity index is 1080. The van der Waals surface area contributed by atoms with Gasteiger partial charge in [-0.2, -0.15) is 0 Å². The third kappa shape index (κ3) is 48.0. The zero-order valence-corrected chi connectivity index (χ0v) is 39.7. The Labute approximate surface area is 372 Å². The van der Waals surface area contributed by atoms with Crippen LogP contribution in [0.25, 0.3) is 0 Å². The maximum atomic E-state index is 12.8. The van der Waals surface area contributed by atoms with Crippen LogP contribution in [0.3, 0.4) is 0 Å². The Morgan fingerprint density at radius 1 is 0.383 bits per heavy atom. The number of esters is 2. The van der Waals surface area contributed by atoms with Crippen molar-refractivity contribution in [2.45, 2.75) is 245 Å². The minimum atomic E-state index is -0.557. The number of hydrogen-bond donors (Lipinski definition) is 0. The van der Waals surface area contributed by atoms with Gasteiger partial charge in [0.2, 0.25) is 0 Å². The van der Waals surface area contributed by atoms with Crippen LogP contribution in [0.4, 0.5) is 0 Å². The number of carbonyl (C=O) groups excluding carboxylic acids is 2. The number of ether oxygens (including phenoxy) is 3. The van der Waals surface area contributed by atoms with Crippen LogP contribution in [-0.2, 0) is 23.8 Å². The molecule has 0 N–H and O–H groups in total. The van der Waals surface area contributed by atoms with Crippen molar-refractivity contribution < 1.29 is 23.8 Å². The van der Waals surface area contributed by atoms with Gasteiger partial charge in [-0.25, -0.2) is 0 Å². The summed E-state index contributed by atoms with van der Waals surface area (Å²) >= 11 is 0. The monoisotopic (exact) mass is 837 g/mol. The van der Waals surface area contributed by atoms with Crippen LogP contribution in [-0.4, -0.2) is 37.9 Å². The van der Waals surface area contributed by atoms with Gasteiger partial charge in [0, 0.05) is 19.4 Å². The molecule has 0 fully saturated rings. The van der Waals surface area contributed by atoms with Crippen LogP contribution in [0.2, 0.25) is 0 Å². The summed E-state index contributed by atoms with van der Waals surface area (Å²) in [6.07, 6.45) is 64.8. The predicted molar refractivity (Wildman–Crippen MR) is 260 cm³/mol. The van der Waals surface area contributed by atoms with Crippen LogP contribution >= 0.6 is 0 Å². The smallest absolute Gasteiger partial charge is 0.306 e. The van der Waals surface area contributed by atoms with Crippen molar-refractivity contribution in [3.63, 3.8) is 0 Å². The second kappa shape index (κ2) is 50.7. The molecule has 0 spiro atoms. The van der Waals surface area contributed by atoms with Gasteiger partial charge in [0.1, 0.15) is 6.61 Å². The van der Waals surface area contributed by atoms with Gasteiger partial charge in [0.15, 0.2) is 6.10 Å². The molecular formula is C55H96O5. The molecule has 0 aromatic rings. The number of carbonyl (C=O) groups is 2. The van der Waals surface area contributed by atoms with Crippen LogP contribution in [0, 0.1) is 0 Å². The van der Waals surface area contributed by atoms with E-state index in [-0.39, 0.29) is 25.2 Å². The highest BCUT2D eigenvalue weighted by Gasteiger charge is 2.17. The molecule has 60 heavy (non-hydrogen) atoms. The van der Waals surface area contributed by atoms with Crippen LogP contribution in [0.1, 0.15) is 239 Å². The van der Waals surface area contributed by atoms with E-state index in [1.54, 1.807) is 0 Å². The molecule has 0 saturated heterocycles. The first kappa shape index (κ1) is 57.3. The Hall–Kier alpha value is -2.66. The summed E-state index contributed by atoms with van der Waals surface area (Å²) < 4.78 is 17.4. The summed E-state index contributed by atoms with van der Waals surface area (Å²) in [6.45, 7) is 7.62. The number of allylic oxidation sites excluding steroid dienone is 12. The third-order valence-corrected chi connectivity index (χ3v) is 10.7. The summed E-state index contributed by atoms with van der Waals surface area (Å²) in [5, 5.41) is 0. The zero-order valence-electron chi connectivity index (χ0n) is 39.7. The first-order chi connectivity index (χ1) is 29.6. The molecule has 0 heterocycles. The molecule has 5 heteroatoms. The first-order valence-corrected chi connectivity index (χ1v) is 25.5. The van der Waals surface area contributed by atoms with Crippen molar-refractivity contribution in [1.29, 1.82) is 0 Å². The van der Waals surface area contributed by atoms with Gasteiger partial charge in [-0.05, 0) is 109 Å². The Morgan fingerprint density at radius 2 is 0.750 bits per heavy atom. The molecule has 0 aliphatic carbocycles. The number of hydrogen-bond acceptors (Lipinski definition) is 5. The molecule has 0 aliphatic rings. The quantitative estimate of drug-likeness (QED) is 0.0347. The van der Waals surface area contributed by atoms with Crippen molar-refractivity contribution >= 4 is 11.9 Å². The van der Waals surface area contributed by atoms with Crippen molar-refractivity contribution in [2.75, 3.05) is 19.8 Å². The normalized spacial score (nSPS) is 12.8. The largest absolute Gasteiger partial charge is 0.462 e. The second-order valence-corrected chi connectivity index (χ2v) is 16.7. The van der Waals surface area contributed by atoms with Crippen LogP contribution in [0.15, 0.2) is 72.9 Å². The van der Waals surface area contributed by atoms with Crippen molar-refractivity contribution in [3.05, 3.63) is 72.9 Å². The molecule has 5 nitrogen and oxygen atoms in total. The number of unbranched alkanes of at least 4 members (excludes halogenated alkanes) is 23. The van der Waals surface area contributed by atoms with Crippen molar-refractivity contribution in [1.82, 2.24) is 0 Å². The molecule has 0 rings (SSSR count). The van der Waals surface area contributed by atoms with Gasteiger partial charge < -0.3 is 14.2 Å². The molecule has 1 atom stereocenters. The van der Waals surface area contributed by atoms with E-state index in [2.05, 4.69) is 93.7 Å². The highest BCUT2D eigenvalue weighted by atomic mass is 16.6. The minimum absolute atomic E-state index is 0.0668. The van der Waals surface area contributed by atoms with E-state index in [0.29, 0.717) is 19.4 Å². The van der Waals surface area contributed by atoms with E-state index in [1.807, 2.05) is 0 Å². The van der Waals surface area contributed by atoms with Gasteiger partial charge in [0.25, 0.3) is 0 Å². The molecule has 0 aliphatic heterocycles. The maximum absolute atomic E-state index is 12.8. The topological polar surface area (TPSA) is 61.8 Å². The highest BCUT2D eigenvalue weighted by Crippen LogP contribution is 2.13. The lowest BCUT2D eigenvalue weighted by molar-refractivity contribution is -0.163. The second-order valence-electron chi connectivity index (χ2n) is 16.7. The summed E-state index contributed by atoms with van der Waals surface area (Å²) in [6, 6.07) is 0. The fourth-order valence-corrected chi connectivity index (χ4v) is 6.90. The first-order valence-electron chi connectivity index (χ1n) is 25.5. The van der Waals surface area contributed by atoms with Gasteiger partial charge >= 0.3 is 11.9 Å². The molecule has 0 radical (unpaired) electrons. The molecule has 0 bridgehead atoms. The van der Waals surface area contributed by atoms with E-state index in [1.165, 1.54) is 116 Å². The van der Waals surface area contributed by atoms with Gasteiger partial charge in [-0.3, -0.25) is 9.59 Å². The van der Waals surface area contributed by atoms with Crippen molar-refractivity contribution in [2.24, 2.45) is 0 Å². The summed E-state index contributed by atoms with van der Waals surface area (Å²) in [7, 11) is 0. The lowest BCUT2D eigenvalue weighted by atomic mass is 10.1. The molecule has 0 aromatic heterocycles. The van der Waals surface area contributed by atoms with Gasteiger partial charge in [-0.15, -0.1) is 0 Å². The number of rotatable bonds is 46. The fourth-order valence-electron chi connectivity index (χ4n) is 6.90. The molecular weight excluding hydrogens is 741 g/mol. The SMILES string of the molecule is CC/C=C\C/C=C\C/C=C\CCCCCCOCC(COC(=O)CCCCCCCCC/C=C\C/C=C\CCCCC)OC(=O)CCCCCCC/C=C\CCCCCC. The fraction of sp³-hybridized carbons (Fsp3) is 0.745. The molecule has 0 saturated carbocycles. The molecule has 346 valence electrons. The van der Waals surface area contributed by atoms with Gasteiger partial charge in [0.05, 0.1) is 6.61 Å². The summed E-state index contributed by atoms with van der Waals surface area (Å²) in [4.78, 5) is 25.4. The Morgan fingerprint density at radius 3 is 1.25 bits per heavy atom. The van der Waals surface area contributed by atoms with E-state index < -0.39 is 6.10 Å². The van der Waals surface area contributed by atoms with E-state index in [0.717, 1.165) is 89.9 Å². The Balaban J connectivity index is 4.31. The summed E-state index contributed by atoms with van der Waals surface area (Å²) in [5.74, 6) is -0.428. The summed E-state index contributed by atoms with van der Waals surface area (Å²) in [5.41, 5.74) is 0. The van der Waals surface area contributed by atoms with E-state index >= 15 is 0 Å². The lowest BCUT2D eigenvalue weighted by Gasteiger charge is -2.18. The van der Waals surface area contributed by atoms with Gasteiger partial charge in [-0.1, -0.05) is 190 Å². The molecule has 0 amide bonds. The average Bonchev–Trinajstić information content (AvgIpc) is 3.25. The maximum Gasteiger partial charge on any atom is 0.306 e. The Kier molecular flexibility index (Phi) is 48.4. The average molecular weight is 837 g/mol. The zero-order chi connectivity index (χ0) is 43.5. The molecule has 0 aromatic carbocycles. The third-order valence-electron chi connectivity index (χ3n) is 10.7.